The second-order valence-corrected chi connectivity index (χ2v) is 7.23. The van der Waals surface area contributed by atoms with Gasteiger partial charge in [-0.15, -0.1) is 0 Å². The van der Waals surface area contributed by atoms with E-state index in [-0.39, 0.29) is 11.9 Å². The zero-order valence-corrected chi connectivity index (χ0v) is 16.0. The van der Waals surface area contributed by atoms with E-state index in [9.17, 15) is 4.79 Å². The Hall–Kier alpha value is -1.88. The highest BCUT2D eigenvalue weighted by Crippen LogP contribution is 2.16. The molecule has 1 fully saturated rings. The average Bonchev–Trinajstić information content (AvgIpc) is 2.67. The minimum atomic E-state index is -0.148. The Morgan fingerprint density at radius 1 is 1.08 bits per heavy atom. The highest BCUT2D eigenvalue weighted by atomic mass is 35.5. The van der Waals surface area contributed by atoms with Crippen LogP contribution in [0.4, 0.5) is 5.69 Å². The molecule has 1 aliphatic rings. The van der Waals surface area contributed by atoms with E-state index in [0.29, 0.717) is 5.02 Å². The van der Waals surface area contributed by atoms with Crippen LogP contribution in [0.5, 0.6) is 0 Å². The van der Waals surface area contributed by atoms with E-state index in [1.54, 1.807) is 12.1 Å². The van der Waals surface area contributed by atoms with E-state index < -0.39 is 0 Å². The van der Waals surface area contributed by atoms with Crippen molar-refractivity contribution < 1.29 is 4.79 Å². The molecule has 0 aliphatic carbocycles. The van der Waals surface area contributed by atoms with Crippen molar-refractivity contribution >= 4 is 23.2 Å². The highest BCUT2D eigenvalue weighted by Gasteiger charge is 2.25. The molecule has 2 aromatic carbocycles. The van der Waals surface area contributed by atoms with Crippen LogP contribution in [0.3, 0.4) is 0 Å². The summed E-state index contributed by atoms with van der Waals surface area (Å²) in [6.45, 7) is 6.88. The van der Waals surface area contributed by atoms with Crippen molar-refractivity contribution in [2.75, 3.05) is 38.0 Å². The van der Waals surface area contributed by atoms with Gasteiger partial charge in [-0.05, 0) is 37.1 Å². The summed E-state index contributed by atoms with van der Waals surface area (Å²) < 4.78 is 0. The maximum atomic E-state index is 12.5. The smallest absolute Gasteiger partial charge is 0.241 e. The van der Waals surface area contributed by atoms with Crippen LogP contribution >= 0.6 is 11.6 Å². The summed E-state index contributed by atoms with van der Waals surface area (Å²) in [6.07, 6.45) is 1.08. The van der Waals surface area contributed by atoms with Crippen molar-refractivity contribution in [3.63, 3.8) is 0 Å². The van der Waals surface area contributed by atoms with Gasteiger partial charge in [0.1, 0.15) is 0 Å². The normalized spacial score (nSPS) is 17.0. The largest absolute Gasteiger partial charge is 0.325 e. The summed E-state index contributed by atoms with van der Waals surface area (Å²) >= 11 is 5.98. The molecule has 0 spiro atoms. The lowest BCUT2D eigenvalue weighted by atomic mass is 10.1. The van der Waals surface area contributed by atoms with Gasteiger partial charge < -0.3 is 10.2 Å². The van der Waals surface area contributed by atoms with Gasteiger partial charge in [0.15, 0.2) is 0 Å². The number of piperazine rings is 1. The van der Waals surface area contributed by atoms with Crippen LogP contribution in [-0.4, -0.2) is 54.5 Å². The van der Waals surface area contributed by atoms with Gasteiger partial charge >= 0.3 is 0 Å². The van der Waals surface area contributed by atoms with E-state index >= 15 is 0 Å². The minimum absolute atomic E-state index is 0.0185. The molecule has 0 saturated carbocycles. The molecule has 1 N–H and O–H groups in total. The Labute approximate surface area is 160 Å². The molecule has 26 heavy (non-hydrogen) atoms. The molecule has 1 amide bonds. The number of benzene rings is 2. The van der Waals surface area contributed by atoms with Crippen LogP contribution in [0.2, 0.25) is 5.02 Å². The molecule has 0 radical (unpaired) electrons. The van der Waals surface area contributed by atoms with E-state index in [0.717, 1.165) is 44.8 Å². The van der Waals surface area contributed by atoms with E-state index in [2.05, 4.69) is 45.4 Å². The summed E-state index contributed by atoms with van der Waals surface area (Å²) in [5, 5.41) is 3.59. The monoisotopic (exact) mass is 371 g/mol. The first-order valence-corrected chi connectivity index (χ1v) is 9.56. The van der Waals surface area contributed by atoms with Crippen molar-refractivity contribution in [3.8, 4) is 0 Å². The predicted octanol–water partition coefficient (Wildman–Crippen LogP) is 3.53. The van der Waals surface area contributed by atoms with E-state index in [1.807, 2.05) is 19.1 Å². The molecular weight excluding hydrogens is 346 g/mol. The lowest BCUT2D eigenvalue weighted by Crippen LogP contribution is -2.53. The summed E-state index contributed by atoms with van der Waals surface area (Å²) in [5.41, 5.74) is 2.13. The molecule has 5 heteroatoms. The third-order valence-electron chi connectivity index (χ3n) is 4.99. The van der Waals surface area contributed by atoms with Gasteiger partial charge in [-0.25, -0.2) is 0 Å². The van der Waals surface area contributed by atoms with Crippen molar-refractivity contribution in [3.05, 3.63) is 65.2 Å². The van der Waals surface area contributed by atoms with Gasteiger partial charge in [-0.1, -0.05) is 48.0 Å². The number of nitrogens with zero attached hydrogens (tertiary/aromatic N) is 2. The molecule has 0 bridgehead atoms. The van der Waals surface area contributed by atoms with Gasteiger partial charge in [0, 0.05) is 43.4 Å². The SMILES string of the molecule is CC(C(=O)Nc1cccc(Cl)c1)N1CCN(CCc2ccccc2)CC1. The predicted molar refractivity (Wildman–Crippen MR) is 108 cm³/mol. The number of carbonyl (C=O) groups is 1. The summed E-state index contributed by atoms with van der Waals surface area (Å²) in [5.74, 6) is 0.0185. The number of nitrogens with one attached hydrogen (secondary N) is 1. The summed E-state index contributed by atoms with van der Waals surface area (Å²) in [7, 11) is 0. The number of anilines is 1. The molecule has 138 valence electrons. The van der Waals surface area contributed by atoms with Gasteiger partial charge in [-0.3, -0.25) is 9.69 Å². The summed E-state index contributed by atoms with van der Waals surface area (Å²) in [4.78, 5) is 17.2. The van der Waals surface area contributed by atoms with Crippen LogP contribution < -0.4 is 5.32 Å². The van der Waals surface area contributed by atoms with Crippen LogP contribution in [0, 0.1) is 0 Å². The zero-order valence-electron chi connectivity index (χ0n) is 15.2. The van der Waals surface area contributed by atoms with Crippen LogP contribution in [0.15, 0.2) is 54.6 Å². The highest BCUT2D eigenvalue weighted by molar-refractivity contribution is 6.30. The molecule has 2 aromatic rings. The first-order chi connectivity index (χ1) is 12.6. The van der Waals surface area contributed by atoms with Crippen molar-refractivity contribution in [2.24, 2.45) is 0 Å². The fourth-order valence-corrected chi connectivity index (χ4v) is 3.48. The van der Waals surface area contributed by atoms with Crippen LogP contribution in [-0.2, 0) is 11.2 Å². The third-order valence-corrected chi connectivity index (χ3v) is 5.22. The molecule has 0 aromatic heterocycles. The van der Waals surface area contributed by atoms with Crippen LogP contribution in [0.1, 0.15) is 12.5 Å². The van der Waals surface area contributed by atoms with Gasteiger partial charge in [-0.2, -0.15) is 0 Å². The quantitative estimate of drug-likeness (QED) is 0.843. The number of halogens is 1. The standard InChI is InChI=1S/C21H26ClN3O/c1-17(21(26)23-20-9-5-8-19(22)16-20)25-14-12-24(13-15-25)11-10-18-6-3-2-4-7-18/h2-9,16-17H,10-15H2,1H3,(H,23,26). The Kier molecular flexibility index (Phi) is 6.67. The fourth-order valence-electron chi connectivity index (χ4n) is 3.28. The first kappa shape index (κ1) is 18.9. The van der Waals surface area contributed by atoms with Gasteiger partial charge in [0.05, 0.1) is 6.04 Å². The molecule has 1 heterocycles. The van der Waals surface area contributed by atoms with Crippen molar-refractivity contribution in [2.45, 2.75) is 19.4 Å². The molecule has 1 unspecified atom stereocenters. The third kappa shape index (κ3) is 5.31. The molecule has 1 saturated heterocycles. The van der Waals surface area contributed by atoms with Crippen LogP contribution in [0.25, 0.3) is 0 Å². The number of hydrogen-bond acceptors (Lipinski definition) is 3. The Bertz CT molecular complexity index is 714. The molecule has 4 nitrogen and oxygen atoms in total. The van der Waals surface area contributed by atoms with E-state index in [4.69, 9.17) is 11.6 Å². The first-order valence-electron chi connectivity index (χ1n) is 9.18. The maximum Gasteiger partial charge on any atom is 0.241 e. The lowest BCUT2D eigenvalue weighted by Gasteiger charge is -2.37. The Morgan fingerprint density at radius 2 is 1.81 bits per heavy atom. The minimum Gasteiger partial charge on any atom is -0.325 e. The average molecular weight is 372 g/mol. The number of amides is 1. The zero-order chi connectivity index (χ0) is 18.4. The van der Waals surface area contributed by atoms with Crippen molar-refractivity contribution in [1.29, 1.82) is 0 Å². The number of rotatable bonds is 6. The van der Waals surface area contributed by atoms with Gasteiger partial charge in [0.25, 0.3) is 0 Å². The van der Waals surface area contributed by atoms with Gasteiger partial charge in [0.2, 0.25) is 5.91 Å². The van der Waals surface area contributed by atoms with Crippen molar-refractivity contribution in [1.82, 2.24) is 9.80 Å². The topological polar surface area (TPSA) is 35.6 Å². The van der Waals surface area contributed by atoms with E-state index in [1.165, 1.54) is 5.56 Å². The fraction of sp³-hybridized carbons (Fsp3) is 0.381. The molecule has 1 atom stereocenters. The summed E-state index contributed by atoms with van der Waals surface area (Å²) in [6, 6.07) is 17.7. The number of carbonyl (C=O) groups excluding carboxylic acids is 1. The molecule has 1 aliphatic heterocycles. The number of hydrogen-bond donors (Lipinski definition) is 1. The second kappa shape index (κ2) is 9.17. The maximum absolute atomic E-state index is 12.5. The molecule has 3 rings (SSSR count). The lowest BCUT2D eigenvalue weighted by molar-refractivity contribution is -0.121. The Morgan fingerprint density at radius 3 is 2.50 bits per heavy atom. The Balaban J connectivity index is 1.44. The second-order valence-electron chi connectivity index (χ2n) is 6.79. The molecular formula is C21H26ClN3O.